The minimum atomic E-state index is -0.291. The van der Waals surface area contributed by atoms with Crippen LogP contribution in [0.3, 0.4) is 0 Å². The van der Waals surface area contributed by atoms with E-state index in [-0.39, 0.29) is 17.8 Å². The van der Waals surface area contributed by atoms with Gasteiger partial charge >= 0.3 is 0 Å². The van der Waals surface area contributed by atoms with Crippen LogP contribution in [-0.2, 0) is 0 Å². The monoisotopic (exact) mass is 293 g/mol. The third-order valence-electron chi connectivity index (χ3n) is 3.26. The van der Waals surface area contributed by atoms with E-state index in [9.17, 15) is 9.18 Å². The van der Waals surface area contributed by atoms with Crippen molar-refractivity contribution in [3.63, 3.8) is 0 Å². The lowest BCUT2D eigenvalue weighted by Gasteiger charge is -2.25. The fourth-order valence-electron chi connectivity index (χ4n) is 1.92. The smallest absolute Gasteiger partial charge is 0.266 e. The first-order valence-corrected chi connectivity index (χ1v) is 6.97. The first kappa shape index (κ1) is 14.5. The van der Waals surface area contributed by atoms with Crippen molar-refractivity contribution in [2.75, 3.05) is 12.8 Å². The molecule has 0 saturated carbocycles. The summed E-state index contributed by atoms with van der Waals surface area (Å²) in [5, 5.41) is 0.383. The minimum Gasteiger partial charge on any atom is -0.375 e. The Morgan fingerprint density at radius 1 is 1.40 bits per heavy atom. The highest BCUT2D eigenvalue weighted by atomic mass is 32.1. The van der Waals surface area contributed by atoms with Gasteiger partial charge in [-0.3, -0.25) is 4.79 Å². The van der Waals surface area contributed by atoms with Crippen molar-refractivity contribution in [3.05, 3.63) is 46.2 Å². The minimum absolute atomic E-state index is 0.131. The van der Waals surface area contributed by atoms with E-state index in [1.807, 2.05) is 6.92 Å². The molecule has 1 heterocycles. The van der Waals surface area contributed by atoms with Gasteiger partial charge in [0.25, 0.3) is 5.91 Å². The first-order valence-electron chi connectivity index (χ1n) is 6.15. The van der Waals surface area contributed by atoms with Gasteiger partial charge in [-0.1, -0.05) is 23.5 Å². The number of benzene rings is 1. The topological polar surface area (TPSA) is 59.2 Å². The number of rotatable bonds is 3. The van der Waals surface area contributed by atoms with E-state index >= 15 is 0 Å². The fourth-order valence-corrected chi connectivity index (χ4v) is 2.73. The van der Waals surface area contributed by atoms with Crippen molar-refractivity contribution < 1.29 is 9.18 Å². The van der Waals surface area contributed by atoms with Gasteiger partial charge in [0.1, 0.15) is 10.7 Å². The van der Waals surface area contributed by atoms with Crippen LogP contribution in [0.5, 0.6) is 0 Å². The summed E-state index contributed by atoms with van der Waals surface area (Å²) in [4.78, 5) is 18.6. The van der Waals surface area contributed by atoms with E-state index in [0.717, 1.165) is 5.56 Å². The number of anilines is 1. The summed E-state index contributed by atoms with van der Waals surface area (Å²) in [6, 6.07) is 5.97. The molecule has 106 valence electrons. The van der Waals surface area contributed by atoms with Crippen LogP contribution in [0, 0.1) is 12.7 Å². The van der Waals surface area contributed by atoms with Gasteiger partial charge in [-0.25, -0.2) is 9.37 Å². The summed E-state index contributed by atoms with van der Waals surface area (Å²) in [5.41, 5.74) is 7.12. The maximum absolute atomic E-state index is 12.9. The molecule has 0 aliphatic carbocycles. The van der Waals surface area contributed by atoms with Crippen LogP contribution in [0.1, 0.15) is 33.9 Å². The van der Waals surface area contributed by atoms with Gasteiger partial charge in [-0.15, -0.1) is 0 Å². The maximum Gasteiger partial charge on any atom is 0.266 e. The van der Waals surface area contributed by atoms with Crippen molar-refractivity contribution in [2.45, 2.75) is 19.9 Å². The van der Waals surface area contributed by atoms with Crippen LogP contribution < -0.4 is 5.73 Å². The largest absolute Gasteiger partial charge is 0.375 e. The molecule has 1 atom stereocenters. The third-order valence-corrected chi connectivity index (χ3v) is 4.24. The second kappa shape index (κ2) is 5.58. The summed E-state index contributed by atoms with van der Waals surface area (Å²) in [5.74, 6) is -0.422. The van der Waals surface area contributed by atoms with Gasteiger partial charge in [-0.05, 0) is 31.5 Å². The van der Waals surface area contributed by atoms with Crippen LogP contribution in [-0.4, -0.2) is 22.8 Å². The molecule has 0 spiro atoms. The summed E-state index contributed by atoms with van der Waals surface area (Å²) in [6.07, 6.45) is 0. The number of amides is 1. The molecular weight excluding hydrogens is 277 g/mol. The predicted octanol–water partition coefficient (Wildman–Crippen LogP) is 3.01. The van der Waals surface area contributed by atoms with Gasteiger partial charge < -0.3 is 10.6 Å². The number of aromatic nitrogens is 1. The quantitative estimate of drug-likeness (QED) is 0.946. The zero-order valence-electron chi connectivity index (χ0n) is 11.6. The Balaban J connectivity index is 2.22. The Labute approximate surface area is 121 Å². The van der Waals surface area contributed by atoms with Crippen LogP contribution in [0.15, 0.2) is 24.3 Å². The van der Waals surface area contributed by atoms with Crippen LogP contribution >= 0.6 is 11.3 Å². The molecular formula is C14H16FN3OS. The molecule has 0 fully saturated rings. The zero-order valence-corrected chi connectivity index (χ0v) is 12.4. The molecule has 1 aromatic heterocycles. The van der Waals surface area contributed by atoms with Crippen molar-refractivity contribution in [2.24, 2.45) is 0 Å². The molecule has 6 heteroatoms. The highest BCUT2D eigenvalue weighted by molar-refractivity contribution is 7.17. The highest BCUT2D eigenvalue weighted by Gasteiger charge is 2.22. The molecule has 2 aromatic rings. The number of nitrogens with two attached hydrogens (primary N) is 1. The molecule has 0 bridgehead atoms. The summed E-state index contributed by atoms with van der Waals surface area (Å²) >= 11 is 1.18. The van der Waals surface area contributed by atoms with Crippen molar-refractivity contribution >= 4 is 22.4 Å². The molecule has 0 aliphatic rings. The average molecular weight is 293 g/mol. The van der Waals surface area contributed by atoms with E-state index in [0.29, 0.717) is 15.7 Å². The van der Waals surface area contributed by atoms with Gasteiger partial charge in [0.15, 0.2) is 5.13 Å². The lowest BCUT2D eigenvalue weighted by atomic mass is 10.1. The van der Waals surface area contributed by atoms with Gasteiger partial charge in [0.05, 0.1) is 11.7 Å². The summed E-state index contributed by atoms with van der Waals surface area (Å²) in [7, 11) is 1.71. The van der Waals surface area contributed by atoms with Gasteiger partial charge in [0.2, 0.25) is 0 Å². The number of thiazole rings is 1. The lowest BCUT2D eigenvalue weighted by molar-refractivity contribution is 0.0746. The fraction of sp³-hybridized carbons (Fsp3) is 0.286. The number of nitrogen functional groups attached to an aromatic ring is 1. The Hall–Kier alpha value is -1.95. The maximum atomic E-state index is 12.9. The number of carbonyl (C=O) groups is 1. The van der Waals surface area contributed by atoms with Crippen molar-refractivity contribution in [3.8, 4) is 0 Å². The first-order chi connectivity index (χ1) is 9.40. The Morgan fingerprint density at radius 3 is 2.50 bits per heavy atom. The Kier molecular flexibility index (Phi) is 4.04. The summed E-state index contributed by atoms with van der Waals surface area (Å²) < 4.78 is 12.9. The summed E-state index contributed by atoms with van der Waals surface area (Å²) in [6.45, 7) is 3.65. The van der Waals surface area contributed by atoms with Crippen LogP contribution in [0.2, 0.25) is 0 Å². The second-order valence-electron chi connectivity index (χ2n) is 4.61. The number of hydrogen-bond donors (Lipinski definition) is 1. The number of nitrogens with zero attached hydrogens (tertiary/aromatic N) is 2. The van der Waals surface area contributed by atoms with Crippen molar-refractivity contribution in [1.82, 2.24) is 9.88 Å². The molecule has 0 saturated heterocycles. The van der Waals surface area contributed by atoms with Gasteiger partial charge in [0, 0.05) is 7.05 Å². The number of hydrogen-bond acceptors (Lipinski definition) is 4. The van der Waals surface area contributed by atoms with E-state index in [2.05, 4.69) is 4.98 Å². The van der Waals surface area contributed by atoms with Crippen LogP contribution in [0.25, 0.3) is 0 Å². The highest BCUT2D eigenvalue weighted by Crippen LogP contribution is 2.26. The van der Waals surface area contributed by atoms with E-state index in [1.165, 1.54) is 23.5 Å². The molecule has 2 N–H and O–H groups in total. The molecule has 4 nitrogen and oxygen atoms in total. The molecule has 1 unspecified atom stereocenters. The van der Waals surface area contributed by atoms with Crippen LogP contribution in [0.4, 0.5) is 9.52 Å². The number of aryl methyl sites for hydroxylation is 1. The third kappa shape index (κ3) is 2.80. The average Bonchev–Trinajstić information content (AvgIpc) is 2.76. The molecule has 2 rings (SSSR count). The lowest BCUT2D eigenvalue weighted by Crippen LogP contribution is -2.29. The Morgan fingerprint density at radius 2 is 2.00 bits per heavy atom. The number of carbonyl (C=O) groups excluding carboxylic acids is 1. The molecule has 1 amide bonds. The standard InChI is InChI=1S/C14H16FN3OS/c1-8-12(20-14(16)17-8)13(19)18(3)9(2)10-4-6-11(15)7-5-10/h4-7,9H,1-3H3,(H2,16,17). The SMILES string of the molecule is Cc1nc(N)sc1C(=O)N(C)C(C)c1ccc(F)cc1. The molecule has 1 aromatic carbocycles. The molecule has 0 radical (unpaired) electrons. The van der Waals surface area contributed by atoms with E-state index < -0.39 is 0 Å². The molecule has 0 aliphatic heterocycles. The van der Waals surface area contributed by atoms with Gasteiger partial charge in [-0.2, -0.15) is 0 Å². The van der Waals surface area contributed by atoms with E-state index in [4.69, 9.17) is 5.73 Å². The Bertz CT molecular complexity index is 624. The van der Waals surface area contributed by atoms with Crippen molar-refractivity contribution in [1.29, 1.82) is 0 Å². The second-order valence-corrected chi connectivity index (χ2v) is 5.64. The zero-order chi connectivity index (χ0) is 14.9. The van der Waals surface area contributed by atoms with E-state index in [1.54, 1.807) is 31.0 Å². The molecule has 20 heavy (non-hydrogen) atoms. The number of halogens is 1. The normalized spacial score (nSPS) is 12.2. The predicted molar refractivity (Wildman–Crippen MR) is 78.2 cm³/mol.